The topological polar surface area (TPSA) is 61.4 Å². The molecule has 2 aromatic carbocycles. The van der Waals surface area contributed by atoms with Gasteiger partial charge in [0.2, 0.25) is 0 Å². The Bertz CT molecular complexity index is 879. The molecule has 146 valence electrons. The van der Waals surface area contributed by atoms with Crippen molar-refractivity contribution in [2.24, 2.45) is 0 Å². The summed E-state index contributed by atoms with van der Waals surface area (Å²) >= 11 is 11.3. The van der Waals surface area contributed by atoms with Crippen molar-refractivity contribution in [3.63, 3.8) is 0 Å². The summed E-state index contributed by atoms with van der Waals surface area (Å²) in [5.74, 6) is -0.364. The zero-order chi connectivity index (χ0) is 19.9. The predicted molar refractivity (Wildman–Crippen MR) is 116 cm³/mol. The molecule has 0 aliphatic carbocycles. The maximum absolute atomic E-state index is 12.8. The van der Waals surface area contributed by atoms with Crippen LogP contribution in [0.2, 0.25) is 5.02 Å². The molecule has 5 nitrogen and oxygen atoms in total. The molecule has 7 heteroatoms. The third kappa shape index (κ3) is 5.30. The van der Waals surface area contributed by atoms with Gasteiger partial charge in [0, 0.05) is 24.3 Å². The monoisotopic (exact) mass is 415 g/mol. The Hall–Kier alpha value is -2.44. The lowest BCUT2D eigenvalue weighted by atomic mass is 10.1. The average molecular weight is 416 g/mol. The lowest BCUT2D eigenvalue weighted by Gasteiger charge is -2.20. The van der Waals surface area contributed by atoms with Crippen LogP contribution in [-0.2, 0) is 0 Å². The fourth-order valence-corrected chi connectivity index (χ4v) is 3.60. The van der Waals surface area contributed by atoms with Crippen molar-refractivity contribution < 1.29 is 9.59 Å². The number of halogens is 1. The van der Waals surface area contributed by atoms with Crippen LogP contribution < -0.4 is 10.6 Å². The molecule has 28 heavy (non-hydrogen) atoms. The van der Waals surface area contributed by atoms with Crippen LogP contribution in [0.4, 0.5) is 5.69 Å². The van der Waals surface area contributed by atoms with E-state index in [1.165, 1.54) is 12.8 Å². The number of anilines is 1. The molecule has 0 unspecified atom stereocenters. The zero-order valence-corrected chi connectivity index (χ0v) is 17.0. The van der Waals surface area contributed by atoms with Crippen molar-refractivity contribution in [1.82, 2.24) is 10.2 Å². The Kier molecular flexibility index (Phi) is 7.01. The van der Waals surface area contributed by atoms with E-state index in [2.05, 4.69) is 10.6 Å². The summed E-state index contributed by atoms with van der Waals surface area (Å²) in [4.78, 5) is 27.0. The van der Waals surface area contributed by atoms with Gasteiger partial charge >= 0.3 is 0 Å². The Labute approximate surface area is 175 Å². The van der Waals surface area contributed by atoms with Gasteiger partial charge in [-0.05, 0) is 55.4 Å². The quantitative estimate of drug-likeness (QED) is 0.725. The van der Waals surface area contributed by atoms with Gasteiger partial charge in [0.05, 0.1) is 10.6 Å². The molecule has 0 saturated carbocycles. The fraction of sp³-hybridized carbons (Fsp3) is 0.286. The van der Waals surface area contributed by atoms with Crippen LogP contribution in [-0.4, -0.2) is 34.9 Å². The highest BCUT2D eigenvalue weighted by Crippen LogP contribution is 2.17. The van der Waals surface area contributed by atoms with Gasteiger partial charge in [0.1, 0.15) is 0 Å². The number of rotatable bonds is 3. The maximum Gasteiger partial charge on any atom is 0.258 e. The Morgan fingerprint density at radius 3 is 2.39 bits per heavy atom. The van der Waals surface area contributed by atoms with Crippen molar-refractivity contribution in [3.05, 3.63) is 64.7 Å². The largest absolute Gasteiger partial charge is 0.339 e. The number of carbonyl (C=O) groups is 2. The molecule has 1 fully saturated rings. The SMILES string of the molecule is O=C(NC(=S)Nc1cccc(C(=O)N2CCCCCC2)c1)c1ccccc1Cl. The minimum atomic E-state index is -0.389. The fourth-order valence-electron chi connectivity index (χ4n) is 3.16. The van der Waals surface area contributed by atoms with E-state index >= 15 is 0 Å². The molecule has 2 N–H and O–H groups in total. The van der Waals surface area contributed by atoms with Crippen LogP contribution in [0.25, 0.3) is 0 Å². The van der Waals surface area contributed by atoms with Crippen molar-refractivity contribution in [1.29, 1.82) is 0 Å². The van der Waals surface area contributed by atoms with E-state index in [-0.39, 0.29) is 16.9 Å². The van der Waals surface area contributed by atoms with Crippen molar-refractivity contribution >= 4 is 46.4 Å². The number of thiocarbonyl (C=S) groups is 1. The van der Waals surface area contributed by atoms with E-state index in [4.69, 9.17) is 23.8 Å². The first-order chi connectivity index (χ1) is 13.5. The zero-order valence-electron chi connectivity index (χ0n) is 15.4. The first kappa shape index (κ1) is 20.3. The maximum atomic E-state index is 12.8. The van der Waals surface area contributed by atoms with E-state index in [1.54, 1.807) is 48.5 Å². The van der Waals surface area contributed by atoms with Crippen molar-refractivity contribution in [3.8, 4) is 0 Å². The molecule has 0 spiro atoms. The molecule has 2 amide bonds. The number of likely N-dealkylation sites (tertiary alicyclic amines) is 1. The number of nitrogens with zero attached hydrogens (tertiary/aromatic N) is 1. The van der Waals surface area contributed by atoms with Gasteiger partial charge in [-0.15, -0.1) is 0 Å². The summed E-state index contributed by atoms with van der Waals surface area (Å²) in [5.41, 5.74) is 1.59. The average Bonchev–Trinajstić information content (AvgIpc) is 2.97. The lowest BCUT2D eigenvalue weighted by molar-refractivity contribution is 0.0761. The summed E-state index contributed by atoms with van der Waals surface area (Å²) < 4.78 is 0. The number of amides is 2. The second kappa shape index (κ2) is 9.66. The molecule has 1 heterocycles. The summed E-state index contributed by atoms with van der Waals surface area (Å²) in [6, 6.07) is 13.9. The first-order valence-corrected chi connectivity index (χ1v) is 10.1. The molecule has 2 aromatic rings. The van der Waals surface area contributed by atoms with Crippen LogP contribution in [0, 0.1) is 0 Å². The van der Waals surface area contributed by atoms with Crippen LogP contribution >= 0.6 is 23.8 Å². The summed E-state index contributed by atoms with van der Waals surface area (Å²) in [7, 11) is 0. The molecular weight excluding hydrogens is 394 g/mol. The van der Waals surface area contributed by atoms with Gasteiger partial charge in [-0.25, -0.2) is 0 Å². The normalized spacial score (nSPS) is 14.1. The molecule has 1 aliphatic rings. The standard InChI is InChI=1S/C21H22ClN3O2S/c22-18-11-4-3-10-17(18)19(26)24-21(28)23-16-9-7-8-15(14-16)20(27)25-12-5-1-2-6-13-25/h3-4,7-11,14H,1-2,5-6,12-13H2,(H2,23,24,26,28). The molecule has 0 bridgehead atoms. The van der Waals surface area contributed by atoms with E-state index in [0.717, 1.165) is 25.9 Å². The minimum Gasteiger partial charge on any atom is -0.339 e. The van der Waals surface area contributed by atoms with E-state index in [1.807, 2.05) is 4.90 Å². The third-order valence-corrected chi connectivity index (χ3v) is 5.14. The van der Waals surface area contributed by atoms with Crippen LogP contribution in [0.3, 0.4) is 0 Å². The van der Waals surface area contributed by atoms with Crippen molar-refractivity contribution in [2.75, 3.05) is 18.4 Å². The Morgan fingerprint density at radius 2 is 1.68 bits per heavy atom. The lowest BCUT2D eigenvalue weighted by Crippen LogP contribution is -2.34. The van der Waals surface area contributed by atoms with Gasteiger partial charge < -0.3 is 10.2 Å². The minimum absolute atomic E-state index is 0.0246. The molecule has 0 aromatic heterocycles. The second-order valence-electron chi connectivity index (χ2n) is 6.68. The number of hydrogen-bond acceptors (Lipinski definition) is 3. The Balaban J connectivity index is 1.63. The predicted octanol–water partition coefficient (Wildman–Crippen LogP) is 4.48. The number of benzene rings is 2. The Morgan fingerprint density at radius 1 is 0.964 bits per heavy atom. The highest BCUT2D eigenvalue weighted by molar-refractivity contribution is 7.80. The summed E-state index contributed by atoms with van der Waals surface area (Å²) in [6.45, 7) is 1.59. The number of hydrogen-bond donors (Lipinski definition) is 2. The van der Waals surface area contributed by atoms with Gasteiger partial charge in [0.15, 0.2) is 5.11 Å². The first-order valence-electron chi connectivity index (χ1n) is 9.31. The third-order valence-electron chi connectivity index (χ3n) is 4.61. The summed E-state index contributed by atoms with van der Waals surface area (Å²) in [6.07, 6.45) is 4.43. The van der Waals surface area contributed by atoms with Crippen LogP contribution in [0.1, 0.15) is 46.4 Å². The molecule has 3 rings (SSSR count). The van der Waals surface area contributed by atoms with Crippen molar-refractivity contribution in [2.45, 2.75) is 25.7 Å². The van der Waals surface area contributed by atoms with Crippen LogP contribution in [0.5, 0.6) is 0 Å². The summed E-state index contributed by atoms with van der Waals surface area (Å²) in [5, 5.41) is 6.06. The molecule has 0 radical (unpaired) electrons. The van der Waals surface area contributed by atoms with E-state index in [9.17, 15) is 9.59 Å². The molecule has 0 atom stereocenters. The highest BCUT2D eigenvalue weighted by atomic mass is 35.5. The second-order valence-corrected chi connectivity index (χ2v) is 7.49. The number of carbonyl (C=O) groups excluding carboxylic acids is 2. The smallest absolute Gasteiger partial charge is 0.258 e. The van der Waals surface area contributed by atoms with Crippen LogP contribution in [0.15, 0.2) is 48.5 Å². The highest BCUT2D eigenvalue weighted by Gasteiger charge is 2.18. The van der Waals surface area contributed by atoms with Gasteiger partial charge in [0.25, 0.3) is 11.8 Å². The van der Waals surface area contributed by atoms with Gasteiger partial charge in [-0.3, -0.25) is 14.9 Å². The molecule has 1 aliphatic heterocycles. The molecule has 1 saturated heterocycles. The van der Waals surface area contributed by atoms with E-state index < -0.39 is 0 Å². The number of nitrogens with one attached hydrogen (secondary N) is 2. The van der Waals surface area contributed by atoms with Gasteiger partial charge in [-0.1, -0.05) is 42.6 Å². The van der Waals surface area contributed by atoms with E-state index in [0.29, 0.717) is 21.8 Å². The molecular formula is C21H22ClN3O2S. The van der Waals surface area contributed by atoms with Gasteiger partial charge in [-0.2, -0.15) is 0 Å².